The average Bonchev–Trinajstić information content (AvgIpc) is 3.14. The third-order valence-electron chi connectivity index (χ3n) is 3.97. The molecule has 3 aromatic rings. The Morgan fingerprint density at radius 3 is 2.26 bits per heavy atom. The van der Waals surface area contributed by atoms with Crippen molar-refractivity contribution in [3.05, 3.63) is 93.8 Å². The van der Waals surface area contributed by atoms with Crippen LogP contribution in [0.1, 0.15) is 21.6 Å². The maximum atomic E-state index is 11.0. The molecule has 0 aliphatic rings. The van der Waals surface area contributed by atoms with Crippen LogP contribution in [0.5, 0.6) is 0 Å². The highest BCUT2D eigenvalue weighted by molar-refractivity contribution is 5.92. The van der Waals surface area contributed by atoms with Crippen LogP contribution in [0.2, 0.25) is 0 Å². The summed E-state index contributed by atoms with van der Waals surface area (Å²) in [5.74, 6) is -1.03. The number of aromatic carboxylic acids is 1. The summed E-state index contributed by atoms with van der Waals surface area (Å²) in [5, 5.41) is 29.3. The predicted molar refractivity (Wildman–Crippen MR) is 99.3 cm³/mol. The first-order valence-corrected chi connectivity index (χ1v) is 7.87. The second-order valence-corrected chi connectivity index (χ2v) is 5.63. The van der Waals surface area contributed by atoms with E-state index in [0.29, 0.717) is 16.8 Å². The van der Waals surface area contributed by atoms with Gasteiger partial charge in [-0.15, -0.1) is 0 Å². The highest BCUT2D eigenvalue weighted by Gasteiger charge is 2.09. The second kappa shape index (κ2) is 7.37. The first-order valence-electron chi connectivity index (χ1n) is 7.87. The number of hydrogen-bond acceptors (Lipinski definition) is 4. The van der Waals surface area contributed by atoms with Crippen LogP contribution in [0.4, 0.5) is 5.69 Å². The van der Waals surface area contributed by atoms with Crippen LogP contribution in [0.25, 0.3) is 17.3 Å². The smallest absolute Gasteiger partial charge is 0.335 e. The Morgan fingerprint density at radius 1 is 1.07 bits per heavy atom. The Morgan fingerprint density at radius 2 is 1.70 bits per heavy atom. The average molecular weight is 359 g/mol. The molecule has 2 aromatic carbocycles. The molecule has 0 amide bonds. The van der Waals surface area contributed by atoms with Gasteiger partial charge in [-0.1, -0.05) is 12.1 Å². The van der Waals surface area contributed by atoms with Gasteiger partial charge in [0.15, 0.2) is 0 Å². The van der Waals surface area contributed by atoms with Gasteiger partial charge in [0.25, 0.3) is 5.69 Å². The zero-order valence-corrected chi connectivity index (χ0v) is 13.9. The molecular formula is C20H13N3O4. The number of rotatable bonds is 5. The van der Waals surface area contributed by atoms with Gasteiger partial charge in [-0.25, -0.2) is 4.79 Å². The quantitative estimate of drug-likeness (QED) is 0.418. The summed E-state index contributed by atoms with van der Waals surface area (Å²) in [4.78, 5) is 21.3. The number of nitrogens with zero attached hydrogens (tertiary/aromatic N) is 3. The summed E-state index contributed by atoms with van der Waals surface area (Å²) in [6.07, 6.45) is 3.46. The Kier molecular flexibility index (Phi) is 4.82. The molecular weight excluding hydrogens is 346 g/mol. The Balaban J connectivity index is 1.97. The van der Waals surface area contributed by atoms with Gasteiger partial charge in [0.1, 0.15) is 0 Å². The van der Waals surface area contributed by atoms with Crippen molar-refractivity contribution in [3.63, 3.8) is 0 Å². The van der Waals surface area contributed by atoms with Crippen molar-refractivity contribution < 1.29 is 14.8 Å². The van der Waals surface area contributed by atoms with Crippen LogP contribution in [0.3, 0.4) is 0 Å². The Hall–Kier alpha value is -4.18. The Labute approximate surface area is 154 Å². The molecule has 7 nitrogen and oxygen atoms in total. The van der Waals surface area contributed by atoms with E-state index in [1.807, 2.05) is 6.07 Å². The molecule has 1 heterocycles. The zero-order valence-electron chi connectivity index (χ0n) is 13.9. The van der Waals surface area contributed by atoms with Crippen molar-refractivity contribution in [1.82, 2.24) is 4.57 Å². The lowest BCUT2D eigenvalue weighted by molar-refractivity contribution is -0.384. The number of carboxylic acid groups (broad SMARTS) is 1. The molecule has 7 heteroatoms. The standard InChI is InChI=1S/C20H13N3O4/c21-13-16(14-3-5-15(6-4-14)20(24)25)12-19-2-1-11-22(19)17-7-9-18(10-8-17)23(26)27/h1-12H,(H,24,25)/b16-12-. The highest BCUT2D eigenvalue weighted by Crippen LogP contribution is 2.22. The molecule has 0 aliphatic carbocycles. The number of hydrogen-bond donors (Lipinski definition) is 1. The van der Waals surface area contributed by atoms with E-state index < -0.39 is 10.9 Å². The Bertz CT molecular complexity index is 1070. The molecule has 0 spiro atoms. The van der Waals surface area contributed by atoms with Gasteiger partial charge in [-0.3, -0.25) is 10.1 Å². The van der Waals surface area contributed by atoms with Gasteiger partial charge in [0.2, 0.25) is 0 Å². The third-order valence-corrected chi connectivity index (χ3v) is 3.97. The minimum Gasteiger partial charge on any atom is -0.478 e. The number of benzene rings is 2. The van der Waals surface area contributed by atoms with Crippen LogP contribution in [-0.2, 0) is 0 Å². The molecule has 0 aliphatic heterocycles. The predicted octanol–water partition coefficient (Wildman–Crippen LogP) is 4.15. The van der Waals surface area contributed by atoms with Gasteiger partial charge >= 0.3 is 5.97 Å². The summed E-state index contributed by atoms with van der Waals surface area (Å²) in [6, 6.07) is 17.9. The molecule has 0 radical (unpaired) electrons. The molecule has 1 N–H and O–H groups in total. The summed E-state index contributed by atoms with van der Waals surface area (Å²) in [7, 11) is 0. The number of carbonyl (C=O) groups is 1. The lowest BCUT2D eigenvalue weighted by Crippen LogP contribution is -1.97. The lowest BCUT2D eigenvalue weighted by atomic mass is 10.0. The maximum absolute atomic E-state index is 11.0. The minimum atomic E-state index is -1.03. The largest absolute Gasteiger partial charge is 0.478 e. The normalized spacial score (nSPS) is 11.0. The van der Waals surface area contributed by atoms with Crippen molar-refractivity contribution in [1.29, 1.82) is 5.26 Å². The first-order chi connectivity index (χ1) is 13.0. The minimum absolute atomic E-state index is 0.000711. The third kappa shape index (κ3) is 3.75. The van der Waals surface area contributed by atoms with Crippen LogP contribution in [-0.4, -0.2) is 20.6 Å². The molecule has 27 heavy (non-hydrogen) atoms. The number of nitro benzene ring substituents is 1. The van der Waals surface area contributed by atoms with E-state index in [4.69, 9.17) is 5.11 Å². The van der Waals surface area contributed by atoms with Crippen molar-refractivity contribution in [2.45, 2.75) is 0 Å². The number of carboxylic acids is 1. The fraction of sp³-hybridized carbons (Fsp3) is 0. The second-order valence-electron chi connectivity index (χ2n) is 5.63. The van der Waals surface area contributed by atoms with Gasteiger partial charge in [-0.05, 0) is 48.0 Å². The van der Waals surface area contributed by atoms with Crippen LogP contribution >= 0.6 is 0 Å². The number of nitro groups is 1. The van der Waals surface area contributed by atoms with Gasteiger partial charge in [-0.2, -0.15) is 5.26 Å². The number of nitriles is 1. The van der Waals surface area contributed by atoms with E-state index in [-0.39, 0.29) is 11.3 Å². The molecule has 0 saturated carbocycles. The van der Waals surface area contributed by atoms with E-state index in [0.717, 1.165) is 5.69 Å². The van der Waals surface area contributed by atoms with Crippen molar-refractivity contribution >= 4 is 23.3 Å². The number of allylic oxidation sites excluding steroid dienone is 1. The van der Waals surface area contributed by atoms with Crippen LogP contribution in [0.15, 0.2) is 66.9 Å². The summed E-state index contributed by atoms with van der Waals surface area (Å²) < 4.78 is 1.80. The molecule has 1 aromatic heterocycles. The van der Waals surface area contributed by atoms with Gasteiger partial charge < -0.3 is 9.67 Å². The van der Waals surface area contributed by atoms with Crippen LogP contribution in [0, 0.1) is 21.4 Å². The van der Waals surface area contributed by atoms with Crippen molar-refractivity contribution in [2.75, 3.05) is 0 Å². The number of non-ortho nitro benzene ring substituents is 1. The SMILES string of the molecule is N#C/C(=C/c1cccn1-c1ccc([N+](=O)[O-])cc1)c1ccc(C(=O)O)cc1. The first kappa shape index (κ1) is 17.6. The summed E-state index contributed by atoms with van der Waals surface area (Å²) in [6.45, 7) is 0. The summed E-state index contributed by atoms with van der Waals surface area (Å²) in [5.41, 5.74) is 2.54. The van der Waals surface area contributed by atoms with Crippen LogP contribution < -0.4 is 0 Å². The molecule has 0 saturated heterocycles. The molecule has 132 valence electrons. The monoisotopic (exact) mass is 359 g/mol. The van der Waals surface area contributed by atoms with Crippen molar-refractivity contribution in [3.8, 4) is 11.8 Å². The lowest BCUT2D eigenvalue weighted by Gasteiger charge is -2.07. The van der Waals surface area contributed by atoms with Gasteiger partial charge in [0.05, 0.1) is 22.1 Å². The summed E-state index contributed by atoms with van der Waals surface area (Å²) >= 11 is 0. The molecule has 0 fully saturated rings. The van der Waals surface area contributed by atoms with E-state index in [1.165, 1.54) is 24.3 Å². The molecule has 0 unspecified atom stereocenters. The fourth-order valence-electron chi connectivity index (χ4n) is 2.60. The van der Waals surface area contributed by atoms with Crippen molar-refractivity contribution in [2.24, 2.45) is 0 Å². The zero-order chi connectivity index (χ0) is 19.4. The fourth-order valence-corrected chi connectivity index (χ4v) is 2.60. The topological polar surface area (TPSA) is 109 Å². The molecule has 0 atom stereocenters. The number of aromatic nitrogens is 1. The van der Waals surface area contributed by atoms with Gasteiger partial charge in [0, 0.05) is 29.7 Å². The van der Waals surface area contributed by atoms with E-state index in [1.54, 1.807) is 47.2 Å². The highest BCUT2D eigenvalue weighted by atomic mass is 16.6. The van der Waals surface area contributed by atoms with E-state index in [2.05, 4.69) is 6.07 Å². The van der Waals surface area contributed by atoms with E-state index in [9.17, 15) is 20.2 Å². The maximum Gasteiger partial charge on any atom is 0.335 e. The molecule has 3 rings (SSSR count). The van der Waals surface area contributed by atoms with E-state index >= 15 is 0 Å². The molecule has 0 bridgehead atoms.